The summed E-state index contributed by atoms with van der Waals surface area (Å²) >= 11 is 0. The van der Waals surface area contributed by atoms with Crippen LogP contribution in [0.1, 0.15) is 18.1 Å². The summed E-state index contributed by atoms with van der Waals surface area (Å²) in [7, 11) is -2.06. The fourth-order valence-corrected chi connectivity index (χ4v) is 3.73. The Morgan fingerprint density at radius 2 is 1.86 bits per heavy atom. The number of nitrogen functional groups attached to an aromatic ring is 1. The first-order valence-electron chi connectivity index (χ1n) is 6.80. The van der Waals surface area contributed by atoms with E-state index in [-0.39, 0.29) is 4.90 Å². The van der Waals surface area contributed by atoms with E-state index >= 15 is 0 Å². The van der Waals surface area contributed by atoms with E-state index in [2.05, 4.69) is 0 Å². The number of nitrogens with two attached hydrogens (primary N) is 1. The van der Waals surface area contributed by atoms with Gasteiger partial charge >= 0.3 is 0 Å². The Bertz CT molecular complexity index is 755. The zero-order valence-corrected chi connectivity index (χ0v) is 13.3. The third-order valence-corrected chi connectivity index (χ3v) is 5.34. The van der Waals surface area contributed by atoms with Crippen molar-refractivity contribution in [3.63, 3.8) is 0 Å². The van der Waals surface area contributed by atoms with Gasteiger partial charge in [-0.1, -0.05) is 25.1 Å². The molecule has 0 aromatic heterocycles. The van der Waals surface area contributed by atoms with Crippen molar-refractivity contribution in [2.24, 2.45) is 0 Å². The molecule has 2 aromatic carbocycles. The highest BCUT2D eigenvalue weighted by Gasteiger charge is 2.24. The molecule has 0 heterocycles. The zero-order valence-electron chi connectivity index (χ0n) is 12.5. The maximum Gasteiger partial charge on any atom is 0.264 e. The fourth-order valence-electron chi connectivity index (χ4n) is 2.21. The Morgan fingerprint density at radius 3 is 2.48 bits per heavy atom. The van der Waals surface area contributed by atoms with Crippen molar-refractivity contribution in [2.45, 2.75) is 25.2 Å². The number of hydrogen-bond donors (Lipinski definition) is 1. The monoisotopic (exact) mass is 304 g/mol. The van der Waals surface area contributed by atoms with Gasteiger partial charge in [-0.3, -0.25) is 4.31 Å². The number of hydrogen-bond acceptors (Lipinski definition) is 3. The Balaban J connectivity index is 2.54. The molecule has 0 radical (unpaired) electrons. The first kappa shape index (κ1) is 15.4. The second-order valence-corrected chi connectivity index (χ2v) is 6.97. The normalized spacial score (nSPS) is 11.4. The van der Waals surface area contributed by atoms with Crippen LogP contribution in [0.15, 0.2) is 47.4 Å². The largest absolute Gasteiger partial charge is 0.399 e. The number of anilines is 2. The van der Waals surface area contributed by atoms with Crippen molar-refractivity contribution >= 4 is 21.4 Å². The summed E-state index contributed by atoms with van der Waals surface area (Å²) in [5, 5.41) is 0. The zero-order chi connectivity index (χ0) is 15.6. The molecule has 0 saturated carbocycles. The second kappa shape index (κ2) is 5.77. The summed E-state index contributed by atoms with van der Waals surface area (Å²) < 4.78 is 27.0. The topological polar surface area (TPSA) is 63.4 Å². The van der Waals surface area contributed by atoms with Crippen LogP contribution in [0.25, 0.3) is 0 Å². The van der Waals surface area contributed by atoms with Crippen LogP contribution < -0.4 is 10.0 Å². The molecule has 0 saturated heterocycles. The lowest BCUT2D eigenvalue weighted by Gasteiger charge is -2.21. The van der Waals surface area contributed by atoms with Gasteiger partial charge in [0.2, 0.25) is 0 Å². The van der Waals surface area contributed by atoms with E-state index in [0.29, 0.717) is 17.8 Å². The van der Waals surface area contributed by atoms with Gasteiger partial charge < -0.3 is 5.73 Å². The van der Waals surface area contributed by atoms with Crippen LogP contribution in [0.3, 0.4) is 0 Å². The summed E-state index contributed by atoms with van der Waals surface area (Å²) in [6, 6.07) is 12.4. The number of nitrogens with zero attached hydrogens (tertiary/aromatic N) is 1. The smallest absolute Gasteiger partial charge is 0.264 e. The van der Waals surface area contributed by atoms with Crippen molar-refractivity contribution in [2.75, 3.05) is 17.1 Å². The molecule has 0 aliphatic carbocycles. The van der Waals surface area contributed by atoms with Gasteiger partial charge in [0, 0.05) is 12.7 Å². The molecular formula is C16H20N2O2S. The third kappa shape index (κ3) is 3.03. The first-order valence-corrected chi connectivity index (χ1v) is 8.24. The SMILES string of the molecule is CCc1ccc(N)cc1S(=O)(=O)N(C)c1cccc(C)c1. The molecule has 0 aliphatic heterocycles. The van der Waals surface area contributed by atoms with E-state index in [9.17, 15) is 8.42 Å². The average molecular weight is 304 g/mol. The molecule has 0 spiro atoms. The third-order valence-electron chi connectivity index (χ3n) is 3.48. The van der Waals surface area contributed by atoms with Crippen LogP contribution in [0.2, 0.25) is 0 Å². The Hall–Kier alpha value is -2.01. The van der Waals surface area contributed by atoms with Crippen molar-refractivity contribution in [1.82, 2.24) is 0 Å². The maximum atomic E-state index is 12.8. The average Bonchev–Trinajstić information content (AvgIpc) is 2.46. The number of sulfonamides is 1. The molecule has 21 heavy (non-hydrogen) atoms. The highest BCUT2D eigenvalue weighted by molar-refractivity contribution is 7.92. The number of benzene rings is 2. The predicted molar refractivity (Wildman–Crippen MR) is 87.0 cm³/mol. The highest BCUT2D eigenvalue weighted by Crippen LogP contribution is 2.27. The van der Waals surface area contributed by atoms with Gasteiger partial charge in [0.15, 0.2) is 0 Å². The van der Waals surface area contributed by atoms with Crippen LogP contribution in [0.5, 0.6) is 0 Å². The molecule has 0 amide bonds. The molecule has 0 unspecified atom stereocenters. The Morgan fingerprint density at radius 1 is 1.14 bits per heavy atom. The van der Waals surface area contributed by atoms with Crippen LogP contribution in [-0.2, 0) is 16.4 Å². The standard InChI is InChI=1S/C16H20N2O2S/c1-4-13-8-9-14(17)11-16(13)21(19,20)18(3)15-7-5-6-12(2)10-15/h5-11H,4,17H2,1-3H3. The molecule has 2 N–H and O–H groups in total. The van der Waals surface area contributed by atoms with Crippen molar-refractivity contribution < 1.29 is 8.42 Å². The number of aryl methyl sites for hydroxylation is 2. The maximum absolute atomic E-state index is 12.8. The molecule has 2 aromatic rings. The minimum absolute atomic E-state index is 0.272. The minimum Gasteiger partial charge on any atom is -0.399 e. The van der Waals surface area contributed by atoms with E-state index in [1.807, 2.05) is 32.0 Å². The van der Waals surface area contributed by atoms with Gasteiger partial charge in [-0.05, 0) is 48.7 Å². The molecule has 0 fully saturated rings. The van der Waals surface area contributed by atoms with Crippen molar-refractivity contribution in [1.29, 1.82) is 0 Å². The van der Waals surface area contributed by atoms with E-state index in [0.717, 1.165) is 11.1 Å². The van der Waals surface area contributed by atoms with Crippen LogP contribution in [-0.4, -0.2) is 15.5 Å². The summed E-state index contributed by atoms with van der Waals surface area (Å²) in [5.74, 6) is 0. The molecular weight excluding hydrogens is 284 g/mol. The molecule has 0 bridgehead atoms. The van der Waals surface area contributed by atoms with Crippen LogP contribution in [0.4, 0.5) is 11.4 Å². The van der Waals surface area contributed by atoms with E-state index in [4.69, 9.17) is 5.73 Å². The Labute approximate surface area is 126 Å². The predicted octanol–water partition coefficient (Wildman–Crippen LogP) is 2.96. The summed E-state index contributed by atoms with van der Waals surface area (Å²) in [6.07, 6.45) is 0.635. The highest BCUT2D eigenvalue weighted by atomic mass is 32.2. The van der Waals surface area contributed by atoms with Gasteiger partial charge in [0.25, 0.3) is 10.0 Å². The van der Waals surface area contributed by atoms with E-state index in [1.165, 1.54) is 10.4 Å². The summed E-state index contributed by atoms with van der Waals surface area (Å²) in [5.41, 5.74) is 8.62. The molecule has 0 atom stereocenters. The molecule has 2 rings (SSSR count). The van der Waals surface area contributed by atoms with Gasteiger partial charge in [0.05, 0.1) is 10.6 Å². The molecule has 112 valence electrons. The Kier molecular flexibility index (Phi) is 4.23. The fraction of sp³-hybridized carbons (Fsp3) is 0.250. The van der Waals surface area contributed by atoms with Gasteiger partial charge in [-0.15, -0.1) is 0 Å². The van der Waals surface area contributed by atoms with E-state index in [1.54, 1.807) is 25.2 Å². The summed E-state index contributed by atoms with van der Waals surface area (Å²) in [4.78, 5) is 0.272. The lowest BCUT2D eigenvalue weighted by atomic mass is 10.1. The molecule has 0 aliphatic rings. The second-order valence-electron chi connectivity index (χ2n) is 5.03. The first-order chi connectivity index (χ1) is 9.86. The van der Waals surface area contributed by atoms with Crippen LogP contribution >= 0.6 is 0 Å². The molecule has 5 heteroatoms. The van der Waals surface area contributed by atoms with Crippen molar-refractivity contribution in [3.8, 4) is 0 Å². The quantitative estimate of drug-likeness (QED) is 0.883. The van der Waals surface area contributed by atoms with Crippen molar-refractivity contribution in [3.05, 3.63) is 53.6 Å². The lowest BCUT2D eigenvalue weighted by molar-refractivity contribution is 0.593. The van der Waals surface area contributed by atoms with E-state index < -0.39 is 10.0 Å². The number of rotatable bonds is 4. The van der Waals surface area contributed by atoms with Gasteiger partial charge in [-0.25, -0.2) is 8.42 Å². The summed E-state index contributed by atoms with van der Waals surface area (Å²) in [6.45, 7) is 3.86. The van der Waals surface area contributed by atoms with Crippen LogP contribution in [0, 0.1) is 6.92 Å². The van der Waals surface area contributed by atoms with Gasteiger partial charge in [0.1, 0.15) is 0 Å². The lowest BCUT2D eigenvalue weighted by Crippen LogP contribution is -2.27. The minimum atomic E-state index is -3.62. The van der Waals surface area contributed by atoms with Gasteiger partial charge in [-0.2, -0.15) is 0 Å². The molecule has 4 nitrogen and oxygen atoms in total.